The van der Waals surface area contributed by atoms with E-state index < -0.39 is 5.97 Å². The summed E-state index contributed by atoms with van der Waals surface area (Å²) in [7, 11) is 1.32. The molecule has 0 spiro atoms. The Balaban J connectivity index is 0.00000225. The van der Waals surface area contributed by atoms with E-state index in [0.717, 1.165) is 32.4 Å². The first-order valence-corrected chi connectivity index (χ1v) is 8.46. The summed E-state index contributed by atoms with van der Waals surface area (Å²) < 4.78 is 9.93. The molecule has 1 aromatic carbocycles. The molecule has 1 saturated heterocycles. The van der Waals surface area contributed by atoms with Crippen LogP contribution in [0.15, 0.2) is 24.3 Å². The molecule has 1 heterocycles. The summed E-state index contributed by atoms with van der Waals surface area (Å²) in [6.07, 6.45) is 4.36. The molecule has 1 aromatic rings. The minimum atomic E-state index is -0.439. The quantitative estimate of drug-likeness (QED) is 0.780. The second-order valence-electron chi connectivity index (χ2n) is 6.58. The van der Waals surface area contributed by atoms with Gasteiger partial charge in [0.25, 0.3) is 0 Å². The fourth-order valence-electron chi connectivity index (χ4n) is 3.81. The maximum atomic E-state index is 12.9. The lowest BCUT2D eigenvalue weighted by Gasteiger charge is -2.37. The maximum absolute atomic E-state index is 12.9. The van der Waals surface area contributed by atoms with Gasteiger partial charge in [-0.3, -0.25) is 4.79 Å². The average Bonchev–Trinajstić information content (AvgIpc) is 3.05. The SMILES string of the molecule is COC(=O)COc1cccc(NC(=O)[C@@]23CCCC[C@H]2CNC3)c1.Cl. The summed E-state index contributed by atoms with van der Waals surface area (Å²) in [5.74, 6) is 0.596. The van der Waals surface area contributed by atoms with E-state index in [9.17, 15) is 9.59 Å². The van der Waals surface area contributed by atoms with Gasteiger partial charge in [0.05, 0.1) is 12.5 Å². The molecule has 2 N–H and O–H groups in total. The molecule has 1 aliphatic heterocycles. The Morgan fingerprint density at radius 1 is 1.36 bits per heavy atom. The van der Waals surface area contributed by atoms with Crippen LogP contribution < -0.4 is 15.4 Å². The number of rotatable bonds is 5. The van der Waals surface area contributed by atoms with Gasteiger partial charge in [-0.1, -0.05) is 18.9 Å². The molecule has 0 radical (unpaired) electrons. The van der Waals surface area contributed by atoms with E-state index in [4.69, 9.17) is 4.74 Å². The Labute approximate surface area is 154 Å². The van der Waals surface area contributed by atoms with Gasteiger partial charge in [-0.25, -0.2) is 4.79 Å². The van der Waals surface area contributed by atoms with Gasteiger partial charge in [-0.2, -0.15) is 0 Å². The zero-order valence-electron chi connectivity index (χ0n) is 14.4. The van der Waals surface area contributed by atoms with Gasteiger partial charge >= 0.3 is 5.97 Å². The lowest BCUT2D eigenvalue weighted by molar-refractivity contribution is -0.142. The Bertz CT molecular complexity index is 625. The molecule has 2 aliphatic rings. The number of ether oxygens (including phenoxy) is 2. The molecule has 0 unspecified atom stereocenters. The van der Waals surface area contributed by atoms with Gasteiger partial charge in [-0.15, -0.1) is 12.4 Å². The molecule has 25 heavy (non-hydrogen) atoms. The standard InChI is InChI=1S/C18H24N2O4.ClH/c1-23-16(21)11-24-15-7-4-6-14(9-15)20-17(22)18-8-3-2-5-13(18)10-19-12-18;/h4,6-7,9,13,19H,2-3,5,8,10-12H2,1H3,(H,20,22);1H/t13-,18+;/m0./s1. The number of nitrogens with one attached hydrogen (secondary N) is 2. The van der Waals surface area contributed by atoms with Crippen LogP contribution in [0.4, 0.5) is 5.69 Å². The number of halogens is 1. The number of methoxy groups -OCH3 is 1. The van der Waals surface area contributed by atoms with Crippen molar-refractivity contribution in [1.82, 2.24) is 5.32 Å². The maximum Gasteiger partial charge on any atom is 0.343 e. The van der Waals surface area contributed by atoms with Crippen LogP contribution in [0.25, 0.3) is 0 Å². The molecule has 1 amide bonds. The highest BCUT2D eigenvalue weighted by molar-refractivity contribution is 5.96. The van der Waals surface area contributed by atoms with E-state index in [2.05, 4.69) is 15.4 Å². The lowest BCUT2D eigenvalue weighted by atomic mass is 9.67. The van der Waals surface area contributed by atoms with Crippen molar-refractivity contribution in [1.29, 1.82) is 0 Å². The first-order valence-electron chi connectivity index (χ1n) is 8.46. The molecule has 6 nitrogen and oxygen atoms in total. The molecule has 2 atom stereocenters. The number of carbonyl (C=O) groups excluding carboxylic acids is 2. The number of amides is 1. The predicted octanol–water partition coefficient (Wildman–Crippen LogP) is 2.38. The Morgan fingerprint density at radius 3 is 3.00 bits per heavy atom. The third-order valence-electron chi connectivity index (χ3n) is 5.17. The topological polar surface area (TPSA) is 76.7 Å². The van der Waals surface area contributed by atoms with Crippen LogP contribution in [0.2, 0.25) is 0 Å². The summed E-state index contributed by atoms with van der Waals surface area (Å²) in [5, 5.41) is 6.43. The zero-order chi connectivity index (χ0) is 17.0. The number of hydrogen-bond donors (Lipinski definition) is 2. The van der Waals surface area contributed by atoms with E-state index in [1.54, 1.807) is 18.2 Å². The first kappa shape index (κ1) is 19.5. The summed E-state index contributed by atoms with van der Waals surface area (Å²) in [5.41, 5.74) is 0.397. The van der Waals surface area contributed by atoms with Crippen LogP contribution in [-0.2, 0) is 14.3 Å². The molecule has 138 valence electrons. The summed E-state index contributed by atoms with van der Waals surface area (Å²) >= 11 is 0. The van der Waals surface area contributed by atoms with Crippen molar-refractivity contribution in [3.05, 3.63) is 24.3 Å². The van der Waals surface area contributed by atoms with E-state index in [1.165, 1.54) is 13.5 Å². The van der Waals surface area contributed by atoms with Crippen molar-refractivity contribution in [2.24, 2.45) is 11.3 Å². The number of anilines is 1. The van der Waals surface area contributed by atoms with E-state index in [0.29, 0.717) is 17.4 Å². The van der Waals surface area contributed by atoms with Crippen molar-refractivity contribution in [3.8, 4) is 5.75 Å². The lowest BCUT2D eigenvalue weighted by Crippen LogP contribution is -2.44. The number of carbonyl (C=O) groups is 2. The number of hydrogen-bond acceptors (Lipinski definition) is 5. The molecule has 1 aliphatic carbocycles. The molecule has 2 fully saturated rings. The number of esters is 1. The van der Waals surface area contributed by atoms with Crippen LogP contribution in [0.5, 0.6) is 5.75 Å². The minimum Gasteiger partial charge on any atom is -0.482 e. The highest BCUT2D eigenvalue weighted by Gasteiger charge is 2.49. The van der Waals surface area contributed by atoms with Crippen LogP contribution >= 0.6 is 12.4 Å². The highest BCUT2D eigenvalue weighted by atomic mass is 35.5. The second kappa shape index (κ2) is 8.54. The molecular formula is C18H25ClN2O4. The third-order valence-corrected chi connectivity index (χ3v) is 5.17. The van der Waals surface area contributed by atoms with Crippen molar-refractivity contribution in [3.63, 3.8) is 0 Å². The van der Waals surface area contributed by atoms with E-state index >= 15 is 0 Å². The van der Waals surface area contributed by atoms with Gasteiger partial charge in [0.1, 0.15) is 5.75 Å². The second-order valence-corrected chi connectivity index (χ2v) is 6.58. The average molecular weight is 369 g/mol. The number of benzene rings is 1. The van der Waals surface area contributed by atoms with E-state index in [1.807, 2.05) is 6.07 Å². The molecule has 7 heteroatoms. The minimum absolute atomic E-state index is 0. The monoisotopic (exact) mass is 368 g/mol. The van der Waals surface area contributed by atoms with Gasteiger partial charge in [0.15, 0.2) is 6.61 Å². The normalized spacial score (nSPS) is 24.6. The van der Waals surface area contributed by atoms with Crippen molar-refractivity contribution in [2.75, 3.05) is 32.1 Å². The zero-order valence-corrected chi connectivity index (χ0v) is 15.2. The Hall–Kier alpha value is -1.79. The Morgan fingerprint density at radius 2 is 2.20 bits per heavy atom. The van der Waals surface area contributed by atoms with E-state index in [-0.39, 0.29) is 30.3 Å². The number of fused-ring (bicyclic) bond motifs is 1. The highest BCUT2D eigenvalue weighted by Crippen LogP contribution is 2.44. The molecular weight excluding hydrogens is 344 g/mol. The van der Waals surface area contributed by atoms with Crippen molar-refractivity contribution < 1.29 is 19.1 Å². The van der Waals surface area contributed by atoms with Crippen molar-refractivity contribution in [2.45, 2.75) is 25.7 Å². The predicted molar refractivity (Wildman–Crippen MR) is 97.1 cm³/mol. The summed E-state index contributed by atoms with van der Waals surface area (Å²) in [6.45, 7) is 1.53. The van der Waals surface area contributed by atoms with Gasteiger partial charge < -0.3 is 20.1 Å². The molecule has 1 saturated carbocycles. The fraction of sp³-hybridized carbons (Fsp3) is 0.556. The Kier molecular flexibility index (Phi) is 6.67. The van der Waals surface area contributed by atoms with Crippen LogP contribution in [0.3, 0.4) is 0 Å². The fourth-order valence-corrected chi connectivity index (χ4v) is 3.81. The van der Waals surface area contributed by atoms with Gasteiger partial charge in [0, 0.05) is 18.3 Å². The first-order chi connectivity index (χ1) is 11.6. The molecule has 0 aromatic heterocycles. The summed E-state index contributed by atoms with van der Waals surface area (Å²) in [4.78, 5) is 24.1. The van der Waals surface area contributed by atoms with Crippen molar-refractivity contribution >= 4 is 30.0 Å². The summed E-state index contributed by atoms with van der Waals surface area (Å²) in [6, 6.07) is 7.11. The smallest absolute Gasteiger partial charge is 0.343 e. The molecule has 0 bridgehead atoms. The van der Waals surface area contributed by atoms with Crippen LogP contribution in [-0.4, -0.2) is 38.7 Å². The third kappa shape index (κ3) is 4.25. The largest absolute Gasteiger partial charge is 0.482 e. The van der Waals surface area contributed by atoms with Gasteiger partial charge in [0.2, 0.25) is 5.91 Å². The van der Waals surface area contributed by atoms with Crippen LogP contribution in [0.1, 0.15) is 25.7 Å². The van der Waals surface area contributed by atoms with Gasteiger partial charge in [-0.05, 0) is 37.4 Å². The molecule has 3 rings (SSSR count). The van der Waals surface area contributed by atoms with Crippen LogP contribution in [0, 0.1) is 11.3 Å².